The van der Waals surface area contributed by atoms with Crippen LogP contribution in [-0.4, -0.2) is 53.6 Å². The Morgan fingerprint density at radius 3 is 2.68 bits per heavy atom. The van der Waals surface area contributed by atoms with Gasteiger partial charge in [0.05, 0.1) is 17.1 Å². The molecule has 182 valence electrons. The van der Waals surface area contributed by atoms with Gasteiger partial charge in [-0.2, -0.15) is 0 Å². The van der Waals surface area contributed by atoms with Crippen LogP contribution >= 0.6 is 0 Å². The number of nitrogens with one attached hydrogen (secondary N) is 1. The topological polar surface area (TPSA) is 106 Å². The number of H-pyrrole nitrogens is 1. The molecule has 0 radical (unpaired) electrons. The molecule has 0 amide bonds. The van der Waals surface area contributed by atoms with E-state index in [1.54, 1.807) is 0 Å². The molecule has 1 fully saturated rings. The van der Waals surface area contributed by atoms with Gasteiger partial charge in [-0.1, -0.05) is 49.2 Å². The first-order chi connectivity index (χ1) is 16.6. The van der Waals surface area contributed by atoms with E-state index in [1.807, 2.05) is 18.2 Å². The third kappa shape index (κ3) is 6.81. The largest absolute Gasteiger partial charge is 0.370 e. The van der Waals surface area contributed by atoms with Crippen LogP contribution in [0.25, 0.3) is 11.0 Å². The molecule has 1 aliphatic rings. The highest BCUT2D eigenvalue weighted by atomic mass is 16.5. The van der Waals surface area contributed by atoms with Gasteiger partial charge >= 0.3 is 0 Å². The number of likely N-dealkylation sites (tertiary alicyclic amines) is 1. The van der Waals surface area contributed by atoms with Gasteiger partial charge in [0.25, 0.3) is 0 Å². The molecule has 5 N–H and O–H groups in total. The van der Waals surface area contributed by atoms with Gasteiger partial charge in [-0.15, -0.1) is 0 Å². The summed E-state index contributed by atoms with van der Waals surface area (Å²) < 4.78 is 6.73. The van der Waals surface area contributed by atoms with Crippen LogP contribution in [0.3, 0.4) is 0 Å². The maximum Gasteiger partial charge on any atom is 0.185 e. The Morgan fingerprint density at radius 1 is 1.09 bits per heavy atom. The lowest BCUT2D eigenvalue weighted by atomic mass is 10.0. The Kier molecular flexibility index (Phi) is 8.55. The summed E-state index contributed by atoms with van der Waals surface area (Å²) in [4.78, 5) is 14.8. The predicted octanol–water partition coefficient (Wildman–Crippen LogP) is 4.14. The number of para-hydroxylation sites is 2. The molecule has 0 aliphatic carbocycles. The number of aryl methyl sites for hydroxylation is 1. The summed E-state index contributed by atoms with van der Waals surface area (Å²) in [5.41, 5.74) is 15.3. The van der Waals surface area contributed by atoms with E-state index in [-0.39, 0.29) is 18.2 Å². The number of hydrogen-bond donors (Lipinski definition) is 3. The van der Waals surface area contributed by atoms with Crippen LogP contribution in [0.1, 0.15) is 61.6 Å². The van der Waals surface area contributed by atoms with Crippen LogP contribution in [0.5, 0.6) is 0 Å². The number of ether oxygens (including phenoxy) is 1. The zero-order valence-corrected chi connectivity index (χ0v) is 20.2. The number of unbranched alkanes of at least 4 members (excludes halogenated alkanes) is 3. The summed E-state index contributed by atoms with van der Waals surface area (Å²) >= 11 is 0. The first-order valence-corrected chi connectivity index (χ1v) is 12.5. The number of aliphatic imine (C=N–C) groups is 1. The lowest BCUT2D eigenvalue weighted by molar-refractivity contribution is -0.0264. The number of rotatable bonds is 11. The van der Waals surface area contributed by atoms with Crippen molar-refractivity contribution < 1.29 is 4.74 Å². The van der Waals surface area contributed by atoms with Gasteiger partial charge in [-0.3, -0.25) is 4.99 Å². The average molecular weight is 463 g/mol. The van der Waals surface area contributed by atoms with E-state index in [0.717, 1.165) is 68.5 Å². The number of hydrogen-bond acceptors (Lipinski definition) is 4. The highest BCUT2D eigenvalue weighted by molar-refractivity contribution is 5.75. The summed E-state index contributed by atoms with van der Waals surface area (Å²) in [5.74, 6) is 1.07. The van der Waals surface area contributed by atoms with Crippen LogP contribution in [0, 0.1) is 0 Å². The van der Waals surface area contributed by atoms with Gasteiger partial charge in [0.2, 0.25) is 0 Å². The third-order valence-electron chi connectivity index (χ3n) is 6.57. The maximum absolute atomic E-state index is 6.73. The molecule has 0 spiro atoms. The normalized spacial score (nSPS) is 16.0. The van der Waals surface area contributed by atoms with E-state index < -0.39 is 0 Å². The van der Waals surface area contributed by atoms with Crippen LogP contribution in [0.2, 0.25) is 0 Å². The number of benzene rings is 2. The standard InChI is InChI=1S/C27H38N6O/c1-33-17-14-22(15-18-33)34-25(26-31-23-12-5-6-13-24(23)32-26)21-11-8-10-20(19-21)9-4-2-3-7-16-30-27(28)29/h5-6,8,10-13,19,22,25H,2-4,7,9,14-18H2,1H3,(H,31,32)(H4,28,29,30). The number of imidazole rings is 1. The molecule has 7 nitrogen and oxygen atoms in total. The van der Waals surface area contributed by atoms with Crippen LogP contribution in [0.15, 0.2) is 53.5 Å². The molecule has 0 saturated carbocycles. The second-order valence-corrected chi connectivity index (χ2v) is 9.37. The SMILES string of the molecule is CN1CCC(OC(c2cccc(CCCCCCN=C(N)N)c2)c2nc3ccccc3[nH]2)CC1. The molecule has 0 bridgehead atoms. The van der Waals surface area contributed by atoms with Crippen molar-refractivity contribution in [2.45, 2.75) is 57.2 Å². The summed E-state index contributed by atoms with van der Waals surface area (Å²) in [7, 11) is 2.18. The third-order valence-corrected chi connectivity index (χ3v) is 6.57. The minimum absolute atomic E-state index is 0.179. The summed E-state index contributed by atoms with van der Waals surface area (Å²) in [6.45, 7) is 2.85. The molecule has 7 heteroatoms. The number of piperidine rings is 1. The van der Waals surface area contributed by atoms with Gasteiger partial charge in [0.15, 0.2) is 5.96 Å². The Bertz CT molecular complexity index is 1030. The lowest BCUT2D eigenvalue weighted by Crippen LogP contribution is -2.35. The second-order valence-electron chi connectivity index (χ2n) is 9.37. The van der Waals surface area contributed by atoms with Gasteiger partial charge in [0, 0.05) is 19.6 Å². The van der Waals surface area contributed by atoms with Crippen molar-refractivity contribution in [2.24, 2.45) is 16.5 Å². The molecule has 1 aliphatic heterocycles. The van der Waals surface area contributed by atoms with Crippen LogP contribution < -0.4 is 11.5 Å². The Balaban J connectivity index is 1.44. The van der Waals surface area contributed by atoms with Gasteiger partial charge < -0.3 is 26.1 Å². The lowest BCUT2D eigenvalue weighted by Gasteiger charge is -2.31. The first kappa shape index (κ1) is 24.2. The van der Waals surface area contributed by atoms with E-state index >= 15 is 0 Å². The minimum Gasteiger partial charge on any atom is -0.370 e. The zero-order chi connectivity index (χ0) is 23.8. The fourth-order valence-electron chi connectivity index (χ4n) is 4.63. The van der Waals surface area contributed by atoms with Gasteiger partial charge in [-0.25, -0.2) is 4.98 Å². The van der Waals surface area contributed by atoms with Crippen molar-refractivity contribution in [2.75, 3.05) is 26.7 Å². The van der Waals surface area contributed by atoms with E-state index in [2.05, 4.69) is 52.3 Å². The molecule has 1 unspecified atom stereocenters. The molecule has 2 aromatic carbocycles. The Hall–Kier alpha value is -2.90. The first-order valence-electron chi connectivity index (χ1n) is 12.5. The fourth-order valence-corrected chi connectivity index (χ4v) is 4.63. The van der Waals surface area contributed by atoms with E-state index in [1.165, 1.54) is 17.5 Å². The fraction of sp³-hybridized carbons (Fsp3) is 0.481. The van der Waals surface area contributed by atoms with Crippen LogP contribution in [-0.2, 0) is 11.2 Å². The average Bonchev–Trinajstić information content (AvgIpc) is 3.27. The van der Waals surface area contributed by atoms with Crippen LogP contribution in [0.4, 0.5) is 0 Å². The maximum atomic E-state index is 6.73. The number of nitrogens with zero attached hydrogens (tertiary/aromatic N) is 3. The number of guanidine groups is 1. The van der Waals surface area contributed by atoms with E-state index in [0.29, 0.717) is 6.54 Å². The number of aromatic nitrogens is 2. The molecule has 34 heavy (non-hydrogen) atoms. The molecule has 4 rings (SSSR count). The van der Waals surface area contributed by atoms with Gasteiger partial charge in [0.1, 0.15) is 11.9 Å². The minimum atomic E-state index is -0.194. The number of fused-ring (bicyclic) bond motifs is 1. The second kappa shape index (κ2) is 12.0. The van der Waals surface area contributed by atoms with Crippen molar-refractivity contribution in [3.63, 3.8) is 0 Å². The van der Waals surface area contributed by atoms with E-state index in [4.69, 9.17) is 21.2 Å². The molecule has 1 saturated heterocycles. The summed E-state index contributed by atoms with van der Waals surface area (Å²) in [5, 5.41) is 0. The Labute approximate surface area is 202 Å². The molecule has 1 atom stereocenters. The van der Waals surface area contributed by atoms with E-state index in [9.17, 15) is 0 Å². The predicted molar refractivity (Wildman–Crippen MR) is 139 cm³/mol. The molecular formula is C27H38N6O. The van der Waals surface area contributed by atoms with Crippen molar-refractivity contribution >= 4 is 17.0 Å². The quantitative estimate of drug-likeness (QED) is 0.226. The smallest absolute Gasteiger partial charge is 0.185 e. The molecule has 2 heterocycles. The number of nitrogens with two attached hydrogens (primary N) is 2. The van der Waals surface area contributed by atoms with Crippen molar-refractivity contribution in [3.8, 4) is 0 Å². The van der Waals surface area contributed by atoms with Crippen molar-refractivity contribution in [1.29, 1.82) is 0 Å². The van der Waals surface area contributed by atoms with Gasteiger partial charge in [-0.05, 0) is 62.4 Å². The highest BCUT2D eigenvalue weighted by Crippen LogP contribution is 2.30. The molecule has 3 aromatic rings. The van der Waals surface area contributed by atoms with Crippen molar-refractivity contribution in [1.82, 2.24) is 14.9 Å². The summed E-state index contributed by atoms with van der Waals surface area (Å²) in [6.07, 6.45) is 7.67. The van der Waals surface area contributed by atoms with Crippen molar-refractivity contribution in [3.05, 3.63) is 65.5 Å². The monoisotopic (exact) mass is 462 g/mol. The molecular weight excluding hydrogens is 424 g/mol. The number of aromatic amines is 1. The summed E-state index contributed by atoms with van der Waals surface area (Å²) in [6, 6.07) is 17.0. The molecule has 1 aromatic heterocycles. The highest BCUT2D eigenvalue weighted by Gasteiger charge is 2.26. The zero-order valence-electron chi connectivity index (χ0n) is 20.2. The Morgan fingerprint density at radius 2 is 1.88 bits per heavy atom.